The summed E-state index contributed by atoms with van der Waals surface area (Å²) >= 11 is 0. The van der Waals surface area contributed by atoms with Crippen LogP contribution in [0.15, 0.2) is 54.6 Å². The van der Waals surface area contributed by atoms with Gasteiger partial charge in [0.05, 0.1) is 0 Å². The van der Waals surface area contributed by atoms with Gasteiger partial charge >= 0.3 is 0 Å². The van der Waals surface area contributed by atoms with E-state index in [1.54, 1.807) is 11.8 Å². The fraction of sp³-hybridized carbons (Fsp3) is 0.440. The van der Waals surface area contributed by atoms with Crippen molar-refractivity contribution in [3.05, 3.63) is 71.3 Å². The third-order valence-corrected chi connectivity index (χ3v) is 5.87. The van der Waals surface area contributed by atoms with Crippen molar-refractivity contribution in [2.45, 2.75) is 46.1 Å². The molecule has 0 unspecified atom stereocenters. The highest BCUT2D eigenvalue weighted by molar-refractivity contribution is 5.78. The molecule has 2 aromatic rings. The van der Waals surface area contributed by atoms with Crippen molar-refractivity contribution in [3.63, 3.8) is 0 Å². The molecular weight excluding hydrogens is 360 g/mol. The molecule has 0 spiro atoms. The number of hydrogen-bond acceptors (Lipinski definition) is 2. The van der Waals surface area contributed by atoms with Gasteiger partial charge in [-0.15, -0.1) is 0 Å². The summed E-state index contributed by atoms with van der Waals surface area (Å²) in [6, 6.07) is 18.8. The van der Waals surface area contributed by atoms with Crippen molar-refractivity contribution in [1.82, 2.24) is 9.80 Å². The van der Waals surface area contributed by atoms with Gasteiger partial charge in [-0.2, -0.15) is 0 Å². The normalized spacial score (nSPS) is 14.6. The first-order valence-electron chi connectivity index (χ1n) is 10.6. The summed E-state index contributed by atoms with van der Waals surface area (Å²) in [4.78, 5) is 28.4. The number of carbonyl (C=O) groups excluding carboxylic acids is 2. The van der Waals surface area contributed by atoms with E-state index in [1.165, 1.54) is 11.1 Å². The molecule has 0 aromatic heterocycles. The van der Waals surface area contributed by atoms with Gasteiger partial charge in [0.1, 0.15) is 0 Å². The van der Waals surface area contributed by atoms with E-state index in [2.05, 4.69) is 36.4 Å². The lowest BCUT2D eigenvalue weighted by Crippen LogP contribution is -2.41. The molecule has 2 amide bonds. The van der Waals surface area contributed by atoms with Gasteiger partial charge in [-0.1, -0.05) is 60.2 Å². The van der Waals surface area contributed by atoms with Gasteiger partial charge in [0.25, 0.3) is 0 Å². The van der Waals surface area contributed by atoms with Crippen LogP contribution in [0.1, 0.15) is 42.9 Å². The minimum absolute atomic E-state index is 0.0138. The fourth-order valence-corrected chi connectivity index (χ4v) is 3.98. The molecule has 29 heavy (non-hydrogen) atoms. The molecule has 2 aromatic carbocycles. The number of rotatable bonds is 7. The first-order valence-corrected chi connectivity index (χ1v) is 10.6. The molecule has 0 atom stereocenters. The van der Waals surface area contributed by atoms with Crippen LogP contribution in [0.2, 0.25) is 0 Å². The Bertz CT molecular complexity index is 793. The zero-order chi connectivity index (χ0) is 20.6. The number of hydrogen-bond donors (Lipinski definition) is 0. The van der Waals surface area contributed by atoms with E-state index < -0.39 is 0 Å². The molecule has 3 rings (SSSR count). The lowest BCUT2D eigenvalue weighted by Gasteiger charge is -2.33. The molecule has 0 radical (unpaired) electrons. The number of nitrogens with zero attached hydrogens (tertiary/aromatic N) is 2. The smallest absolute Gasteiger partial charge is 0.224 e. The van der Waals surface area contributed by atoms with Crippen LogP contribution in [0.25, 0.3) is 0 Å². The predicted molar refractivity (Wildman–Crippen MR) is 116 cm³/mol. The molecule has 1 heterocycles. The summed E-state index contributed by atoms with van der Waals surface area (Å²) in [5, 5.41) is 0. The number of amides is 2. The zero-order valence-electron chi connectivity index (χ0n) is 17.6. The second-order valence-electron chi connectivity index (χ2n) is 8.19. The lowest BCUT2D eigenvalue weighted by molar-refractivity contribution is -0.134. The van der Waals surface area contributed by atoms with Gasteiger partial charge in [-0.05, 0) is 43.2 Å². The molecule has 0 bridgehead atoms. The molecule has 0 saturated carbocycles. The van der Waals surface area contributed by atoms with Gasteiger partial charge < -0.3 is 9.80 Å². The van der Waals surface area contributed by atoms with Crippen LogP contribution in [-0.4, -0.2) is 41.2 Å². The van der Waals surface area contributed by atoms with Crippen molar-refractivity contribution in [2.75, 3.05) is 19.6 Å². The van der Waals surface area contributed by atoms with Crippen molar-refractivity contribution >= 4 is 11.8 Å². The van der Waals surface area contributed by atoms with Gasteiger partial charge in [0.15, 0.2) is 0 Å². The van der Waals surface area contributed by atoms with Crippen molar-refractivity contribution in [1.29, 1.82) is 0 Å². The van der Waals surface area contributed by atoms with E-state index in [0.717, 1.165) is 37.9 Å². The van der Waals surface area contributed by atoms with Crippen LogP contribution in [-0.2, 0) is 22.6 Å². The van der Waals surface area contributed by atoms with Gasteiger partial charge in [0, 0.05) is 39.5 Å². The molecule has 4 nitrogen and oxygen atoms in total. The monoisotopic (exact) mass is 392 g/mol. The highest BCUT2D eigenvalue weighted by Gasteiger charge is 2.23. The Labute approximate surface area is 174 Å². The highest BCUT2D eigenvalue weighted by atomic mass is 16.2. The number of piperidine rings is 1. The molecule has 1 aliphatic rings. The summed E-state index contributed by atoms with van der Waals surface area (Å²) in [6.07, 6.45) is 3.60. The molecule has 1 fully saturated rings. The number of likely N-dealkylation sites (tertiary alicyclic amines) is 1. The van der Waals surface area contributed by atoms with Crippen LogP contribution < -0.4 is 0 Å². The maximum Gasteiger partial charge on any atom is 0.224 e. The standard InChI is InChI=1S/C25H32N2O2/c1-20-8-10-24(11-9-20)19-27(21(2)28)17-14-25(29)26-15-12-23(13-16-26)18-22-6-4-3-5-7-22/h3-11,23H,12-19H2,1-2H3. The Kier molecular flexibility index (Phi) is 7.45. The minimum Gasteiger partial charge on any atom is -0.343 e. The highest BCUT2D eigenvalue weighted by Crippen LogP contribution is 2.22. The molecule has 0 aliphatic carbocycles. The Hall–Kier alpha value is -2.62. The van der Waals surface area contributed by atoms with E-state index in [0.29, 0.717) is 25.4 Å². The van der Waals surface area contributed by atoms with Gasteiger partial charge in [0.2, 0.25) is 11.8 Å². The summed E-state index contributed by atoms with van der Waals surface area (Å²) in [6.45, 7) is 6.32. The molecule has 154 valence electrons. The first-order chi connectivity index (χ1) is 14.0. The van der Waals surface area contributed by atoms with E-state index in [9.17, 15) is 9.59 Å². The topological polar surface area (TPSA) is 40.6 Å². The molecule has 4 heteroatoms. The van der Waals surface area contributed by atoms with E-state index in [4.69, 9.17) is 0 Å². The van der Waals surface area contributed by atoms with E-state index in [1.807, 2.05) is 30.0 Å². The number of carbonyl (C=O) groups is 2. The Morgan fingerprint density at radius 1 is 0.966 bits per heavy atom. The molecular formula is C25H32N2O2. The van der Waals surface area contributed by atoms with Crippen LogP contribution in [0.4, 0.5) is 0 Å². The first kappa shape index (κ1) is 21.1. The second-order valence-corrected chi connectivity index (χ2v) is 8.19. The van der Waals surface area contributed by atoms with Crippen molar-refractivity contribution in [3.8, 4) is 0 Å². The summed E-state index contributed by atoms with van der Waals surface area (Å²) in [5.41, 5.74) is 3.68. The summed E-state index contributed by atoms with van der Waals surface area (Å²) < 4.78 is 0. The van der Waals surface area contributed by atoms with Crippen LogP contribution in [0.3, 0.4) is 0 Å². The predicted octanol–water partition coefficient (Wildman–Crippen LogP) is 4.21. The van der Waals surface area contributed by atoms with Gasteiger partial charge in [-0.25, -0.2) is 0 Å². The molecule has 1 saturated heterocycles. The Morgan fingerprint density at radius 2 is 1.62 bits per heavy atom. The number of aryl methyl sites for hydroxylation is 1. The summed E-state index contributed by atoms with van der Waals surface area (Å²) in [7, 11) is 0. The molecule has 1 aliphatic heterocycles. The molecule has 0 N–H and O–H groups in total. The van der Waals surface area contributed by atoms with Crippen molar-refractivity contribution < 1.29 is 9.59 Å². The lowest BCUT2D eigenvalue weighted by atomic mass is 9.90. The van der Waals surface area contributed by atoms with Gasteiger partial charge in [-0.3, -0.25) is 9.59 Å². The minimum atomic E-state index is 0.0138. The third-order valence-electron chi connectivity index (χ3n) is 5.87. The average molecular weight is 393 g/mol. The quantitative estimate of drug-likeness (QED) is 0.708. The van der Waals surface area contributed by atoms with Crippen LogP contribution in [0, 0.1) is 12.8 Å². The second kappa shape index (κ2) is 10.2. The van der Waals surface area contributed by atoms with E-state index in [-0.39, 0.29) is 11.8 Å². The zero-order valence-corrected chi connectivity index (χ0v) is 17.6. The Balaban J connectivity index is 1.44. The van der Waals surface area contributed by atoms with Crippen molar-refractivity contribution in [2.24, 2.45) is 5.92 Å². The third kappa shape index (κ3) is 6.45. The fourth-order valence-electron chi connectivity index (χ4n) is 3.98. The largest absolute Gasteiger partial charge is 0.343 e. The SMILES string of the molecule is CC(=O)N(CCC(=O)N1CCC(Cc2ccccc2)CC1)Cc1ccc(C)cc1. The number of benzene rings is 2. The van der Waals surface area contributed by atoms with Crippen LogP contribution in [0.5, 0.6) is 0 Å². The average Bonchev–Trinajstić information content (AvgIpc) is 2.73. The van der Waals surface area contributed by atoms with E-state index >= 15 is 0 Å². The Morgan fingerprint density at radius 3 is 2.24 bits per heavy atom. The summed E-state index contributed by atoms with van der Waals surface area (Å²) in [5.74, 6) is 0.829. The maximum absolute atomic E-state index is 12.7. The maximum atomic E-state index is 12.7. The van der Waals surface area contributed by atoms with Crippen LogP contribution >= 0.6 is 0 Å².